The van der Waals surface area contributed by atoms with E-state index in [-0.39, 0.29) is 12.5 Å². The number of hydrogen-bond donors (Lipinski definition) is 2. The lowest BCUT2D eigenvalue weighted by atomic mass is 10.2. The van der Waals surface area contributed by atoms with Gasteiger partial charge in [-0.05, 0) is 18.2 Å². The molecular weight excluding hydrogens is 254 g/mol. The Labute approximate surface area is 115 Å². The van der Waals surface area contributed by atoms with Gasteiger partial charge in [0.1, 0.15) is 5.75 Å². The number of amides is 1. The quantitative estimate of drug-likeness (QED) is 0.763. The van der Waals surface area contributed by atoms with E-state index in [2.05, 4.69) is 15.5 Å². The van der Waals surface area contributed by atoms with Crippen LogP contribution in [0.3, 0.4) is 0 Å². The van der Waals surface area contributed by atoms with Crippen LogP contribution >= 0.6 is 0 Å². The average Bonchev–Trinajstić information content (AvgIpc) is 2.96. The number of fused-ring (bicyclic) bond motifs is 1. The minimum Gasteiger partial charge on any atom is -0.484 e. The molecule has 100 valence electrons. The standard InChI is InChI=1S/C15H13N3O2/c19-14(10-20-12-6-2-1-3-7-12)17-13-8-4-5-11-9-16-18-15(11)13/h1-9H,10H2,(H,16,18)(H,17,19). The van der Waals surface area contributed by atoms with Crippen LogP contribution in [-0.2, 0) is 4.79 Å². The summed E-state index contributed by atoms with van der Waals surface area (Å²) >= 11 is 0. The topological polar surface area (TPSA) is 67.0 Å². The lowest BCUT2D eigenvalue weighted by Gasteiger charge is -2.08. The Bertz CT molecular complexity index is 722. The molecule has 0 unspecified atom stereocenters. The third-order valence-electron chi connectivity index (χ3n) is 2.86. The number of H-pyrrole nitrogens is 1. The number of para-hydroxylation sites is 2. The van der Waals surface area contributed by atoms with Crippen LogP contribution in [0.2, 0.25) is 0 Å². The van der Waals surface area contributed by atoms with E-state index in [0.717, 1.165) is 10.9 Å². The highest BCUT2D eigenvalue weighted by Gasteiger charge is 2.07. The smallest absolute Gasteiger partial charge is 0.262 e. The van der Waals surface area contributed by atoms with Crippen LogP contribution in [-0.4, -0.2) is 22.7 Å². The maximum Gasteiger partial charge on any atom is 0.262 e. The number of aromatic amines is 1. The van der Waals surface area contributed by atoms with Gasteiger partial charge in [-0.3, -0.25) is 9.89 Å². The summed E-state index contributed by atoms with van der Waals surface area (Å²) in [7, 11) is 0. The van der Waals surface area contributed by atoms with Crippen LogP contribution in [0.4, 0.5) is 5.69 Å². The fourth-order valence-corrected chi connectivity index (χ4v) is 1.92. The first-order valence-electron chi connectivity index (χ1n) is 6.23. The molecular formula is C15H13N3O2. The number of nitrogens with zero attached hydrogens (tertiary/aromatic N) is 1. The molecule has 3 rings (SSSR count). The Kier molecular flexibility index (Phi) is 3.33. The van der Waals surface area contributed by atoms with Crippen molar-refractivity contribution in [3.05, 3.63) is 54.7 Å². The van der Waals surface area contributed by atoms with Crippen molar-refractivity contribution in [1.29, 1.82) is 0 Å². The number of rotatable bonds is 4. The van der Waals surface area contributed by atoms with Crippen LogP contribution in [0.5, 0.6) is 5.75 Å². The van der Waals surface area contributed by atoms with Crippen LogP contribution < -0.4 is 10.1 Å². The number of ether oxygens (including phenoxy) is 1. The van der Waals surface area contributed by atoms with Gasteiger partial charge >= 0.3 is 0 Å². The van der Waals surface area contributed by atoms with E-state index in [1.165, 1.54) is 0 Å². The van der Waals surface area contributed by atoms with E-state index in [4.69, 9.17) is 4.74 Å². The zero-order valence-corrected chi connectivity index (χ0v) is 10.7. The van der Waals surface area contributed by atoms with Crippen LogP contribution in [0.25, 0.3) is 10.9 Å². The Balaban J connectivity index is 1.66. The second-order valence-corrected chi connectivity index (χ2v) is 4.29. The van der Waals surface area contributed by atoms with E-state index < -0.39 is 0 Å². The third-order valence-corrected chi connectivity index (χ3v) is 2.86. The number of aromatic nitrogens is 2. The lowest BCUT2D eigenvalue weighted by molar-refractivity contribution is -0.118. The van der Waals surface area contributed by atoms with Gasteiger partial charge in [-0.25, -0.2) is 0 Å². The summed E-state index contributed by atoms with van der Waals surface area (Å²) in [6, 6.07) is 14.8. The molecule has 1 heterocycles. The summed E-state index contributed by atoms with van der Waals surface area (Å²) in [5, 5.41) is 10.6. The molecule has 5 heteroatoms. The van der Waals surface area contributed by atoms with Crippen molar-refractivity contribution >= 4 is 22.5 Å². The number of carbonyl (C=O) groups is 1. The second kappa shape index (κ2) is 5.44. The van der Waals surface area contributed by atoms with Crippen LogP contribution in [0.15, 0.2) is 54.7 Å². The van der Waals surface area contributed by atoms with E-state index in [1.54, 1.807) is 6.20 Å². The Hall–Kier alpha value is -2.82. The molecule has 0 radical (unpaired) electrons. The molecule has 1 aromatic heterocycles. The molecule has 0 spiro atoms. The van der Waals surface area contributed by atoms with Gasteiger partial charge in [0, 0.05) is 5.39 Å². The molecule has 0 fully saturated rings. The van der Waals surface area contributed by atoms with Crippen molar-refractivity contribution in [3.63, 3.8) is 0 Å². The maximum absolute atomic E-state index is 11.9. The van der Waals surface area contributed by atoms with Crippen molar-refractivity contribution in [2.75, 3.05) is 11.9 Å². The minimum absolute atomic E-state index is 0.0332. The zero-order chi connectivity index (χ0) is 13.8. The van der Waals surface area contributed by atoms with E-state index >= 15 is 0 Å². The monoisotopic (exact) mass is 267 g/mol. The predicted octanol–water partition coefficient (Wildman–Crippen LogP) is 2.58. The maximum atomic E-state index is 11.9. The Morgan fingerprint density at radius 3 is 2.85 bits per heavy atom. The van der Waals surface area contributed by atoms with E-state index in [1.807, 2.05) is 48.5 Å². The highest BCUT2D eigenvalue weighted by molar-refractivity contribution is 6.00. The Morgan fingerprint density at radius 1 is 1.15 bits per heavy atom. The van der Waals surface area contributed by atoms with Gasteiger partial charge in [0.25, 0.3) is 5.91 Å². The van der Waals surface area contributed by atoms with Crippen molar-refractivity contribution < 1.29 is 9.53 Å². The number of benzene rings is 2. The first kappa shape index (κ1) is 12.2. The van der Waals surface area contributed by atoms with E-state index in [9.17, 15) is 4.79 Å². The van der Waals surface area contributed by atoms with Crippen LogP contribution in [0.1, 0.15) is 0 Å². The molecule has 0 aliphatic heterocycles. The minimum atomic E-state index is -0.212. The molecule has 0 saturated heterocycles. The van der Waals surface area contributed by atoms with Gasteiger partial charge in [-0.15, -0.1) is 0 Å². The first-order valence-corrected chi connectivity index (χ1v) is 6.23. The molecule has 1 amide bonds. The van der Waals surface area contributed by atoms with Gasteiger partial charge in [0.2, 0.25) is 0 Å². The molecule has 5 nitrogen and oxygen atoms in total. The molecule has 0 bridgehead atoms. The highest BCUT2D eigenvalue weighted by Crippen LogP contribution is 2.20. The predicted molar refractivity (Wildman–Crippen MR) is 76.7 cm³/mol. The SMILES string of the molecule is O=C(COc1ccccc1)Nc1cccc2cn[nH]c12. The molecule has 20 heavy (non-hydrogen) atoms. The molecule has 0 atom stereocenters. The number of nitrogens with one attached hydrogen (secondary N) is 2. The molecule has 2 N–H and O–H groups in total. The first-order chi connectivity index (χ1) is 9.83. The Morgan fingerprint density at radius 2 is 2.00 bits per heavy atom. The third kappa shape index (κ3) is 2.61. The van der Waals surface area contributed by atoms with Gasteiger partial charge in [0.15, 0.2) is 6.61 Å². The molecule has 0 aliphatic carbocycles. The van der Waals surface area contributed by atoms with Crippen molar-refractivity contribution in [3.8, 4) is 5.75 Å². The average molecular weight is 267 g/mol. The molecule has 3 aromatic rings. The van der Waals surface area contributed by atoms with Crippen molar-refractivity contribution in [2.45, 2.75) is 0 Å². The summed E-state index contributed by atoms with van der Waals surface area (Å²) in [6.45, 7) is -0.0332. The summed E-state index contributed by atoms with van der Waals surface area (Å²) in [6.07, 6.45) is 1.71. The number of anilines is 1. The second-order valence-electron chi connectivity index (χ2n) is 4.29. The van der Waals surface area contributed by atoms with Gasteiger partial charge in [0.05, 0.1) is 17.4 Å². The molecule has 0 saturated carbocycles. The summed E-state index contributed by atoms with van der Waals surface area (Å²) in [4.78, 5) is 11.9. The van der Waals surface area contributed by atoms with Crippen molar-refractivity contribution in [1.82, 2.24) is 10.2 Å². The normalized spacial score (nSPS) is 10.4. The van der Waals surface area contributed by atoms with Gasteiger partial charge in [-0.1, -0.05) is 30.3 Å². The fourth-order valence-electron chi connectivity index (χ4n) is 1.92. The zero-order valence-electron chi connectivity index (χ0n) is 10.7. The summed E-state index contributed by atoms with van der Waals surface area (Å²) in [5.41, 5.74) is 1.50. The summed E-state index contributed by atoms with van der Waals surface area (Å²) < 4.78 is 5.40. The van der Waals surface area contributed by atoms with Crippen LogP contribution in [0, 0.1) is 0 Å². The van der Waals surface area contributed by atoms with Gasteiger partial charge < -0.3 is 10.1 Å². The largest absolute Gasteiger partial charge is 0.484 e. The summed E-state index contributed by atoms with van der Waals surface area (Å²) in [5.74, 6) is 0.457. The van der Waals surface area contributed by atoms with E-state index in [0.29, 0.717) is 11.4 Å². The highest BCUT2D eigenvalue weighted by atomic mass is 16.5. The molecule has 0 aliphatic rings. The van der Waals surface area contributed by atoms with Crippen molar-refractivity contribution in [2.24, 2.45) is 0 Å². The lowest BCUT2D eigenvalue weighted by Crippen LogP contribution is -2.20. The number of hydrogen-bond acceptors (Lipinski definition) is 3. The number of carbonyl (C=O) groups excluding carboxylic acids is 1. The fraction of sp³-hybridized carbons (Fsp3) is 0.0667. The molecule has 2 aromatic carbocycles. The van der Waals surface area contributed by atoms with Gasteiger partial charge in [-0.2, -0.15) is 5.10 Å².